The van der Waals surface area contributed by atoms with Crippen molar-refractivity contribution in [3.8, 4) is 0 Å². The molecule has 2 rings (SSSR count). The maximum atomic E-state index is 9.64. The zero-order valence-corrected chi connectivity index (χ0v) is 8.57. The lowest BCUT2D eigenvalue weighted by Crippen LogP contribution is -2.62. The van der Waals surface area contributed by atoms with E-state index >= 15 is 0 Å². The van der Waals surface area contributed by atoms with Gasteiger partial charge in [0.15, 0.2) is 5.79 Å². The van der Waals surface area contributed by atoms with E-state index in [4.69, 9.17) is 9.47 Å². The van der Waals surface area contributed by atoms with Crippen molar-refractivity contribution in [3.63, 3.8) is 0 Å². The normalized spacial score (nSPS) is 54.0. The largest absolute Gasteiger partial charge is 0.387 e. The summed E-state index contributed by atoms with van der Waals surface area (Å²) >= 11 is 0. The molecule has 6 atom stereocenters. The Balaban J connectivity index is 2.23. The van der Waals surface area contributed by atoms with Gasteiger partial charge >= 0.3 is 0 Å². The molecule has 2 fully saturated rings. The average molecular weight is 220 g/mol. The van der Waals surface area contributed by atoms with E-state index in [1.54, 1.807) is 13.8 Å². The van der Waals surface area contributed by atoms with Crippen LogP contribution >= 0.6 is 0 Å². The van der Waals surface area contributed by atoms with E-state index in [1.165, 1.54) is 0 Å². The molecule has 2 aliphatic rings. The van der Waals surface area contributed by atoms with Crippen molar-refractivity contribution in [1.29, 1.82) is 0 Å². The van der Waals surface area contributed by atoms with Crippen LogP contribution in [0.25, 0.3) is 0 Å². The molecule has 0 unspecified atom stereocenters. The molecule has 0 aromatic rings. The standard InChI is InChI=1S/C9H16O6/c1-9(2)14-7-5(12)3(10)4(11)6(13)8(7)15-9/h3-8,10-13H,1-2H3/t3-,4+,5-,6-,7-,8-/m0/s1. The summed E-state index contributed by atoms with van der Waals surface area (Å²) in [4.78, 5) is 0. The van der Waals surface area contributed by atoms with E-state index in [2.05, 4.69) is 0 Å². The van der Waals surface area contributed by atoms with Crippen LogP contribution in [-0.4, -0.2) is 62.8 Å². The maximum Gasteiger partial charge on any atom is 0.164 e. The Morgan fingerprint density at radius 1 is 0.733 bits per heavy atom. The number of rotatable bonds is 0. The molecular formula is C9H16O6. The lowest BCUT2D eigenvalue weighted by molar-refractivity contribution is -0.192. The highest BCUT2D eigenvalue weighted by molar-refractivity contribution is 5.03. The molecule has 4 N–H and O–H groups in total. The number of aliphatic hydroxyl groups is 4. The molecule has 6 heteroatoms. The Hall–Kier alpha value is -0.240. The summed E-state index contributed by atoms with van der Waals surface area (Å²) in [5.74, 6) is -0.929. The lowest BCUT2D eigenvalue weighted by atomic mass is 9.85. The van der Waals surface area contributed by atoms with Crippen molar-refractivity contribution < 1.29 is 29.9 Å². The molecule has 15 heavy (non-hydrogen) atoms. The predicted octanol–water partition coefficient (Wildman–Crippen LogP) is -2.04. The molecule has 0 radical (unpaired) electrons. The van der Waals surface area contributed by atoms with Crippen LogP contribution in [0.4, 0.5) is 0 Å². The first-order valence-electron chi connectivity index (χ1n) is 4.91. The van der Waals surface area contributed by atoms with Gasteiger partial charge in [-0.3, -0.25) is 0 Å². The van der Waals surface area contributed by atoms with Gasteiger partial charge in [0.2, 0.25) is 0 Å². The Kier molecular flexibility index (Phi) is 2.53. The minimum absolute atomic E-state index is 0.812. The summed E-state index contributed by atoms with van der Waals surface area (Å²) in [5, 5.41) is 38.2. The number of fused-ring (bicyclic) bond motifs is 1. The van der Waals surface area contributed by atoms with Crippen LogP contribution in [-0.2, 0) is 9.47 Å². The molecule has 88 valence electrons. The second kappa shape index (κ2) is 3.38. The minimum Gasteiger partial charge on any atom is -0.387 e. The van der Waals surface area contributed by atoms with Gasteiger partial charge in [-0.05, 0) is 13.8 Å². The fraction of sp³-hybridized carbons (Fsp3) is 1.00. The van der Waals surface area contributed by atoms with Gasteiger partial charge in [-0.1, -0.05) is 0 Å². The van der Waals surface area contributed by atoms with E-state index in [0.717, 1.165) is 0 Å². The number of hydrogen-bond acceptors (Lipinski definition) is 6. The Bertz CT molecular complexity index is 231. The third-order valence-electron chi connectivity index (χ3n) is 2.89. The van der Waals surface area contributed by atoms with Gasteiger partial charge in [0.1, 0.15) is 36.6 Å². The third kappa shape index (κ3) is 1.67. The van der Waals surface area contributed by atoms with Crippen LogP contribution in [0, 0.1) is 0 Å². The van der Waals surface area contributed by atoms with Crippen LogP contribution in [0.2, 0.25) is 0 Å². The average Bonchev–Trinajstić information content (AvgIpc) is 2.48. The first-order chi connectivity index (χ1) is 6.83. The van der Waals surface area contributed by atoms with Crippen LogP contribution < -0.4 is 0 Å². The summed E-state index contributed by atoms with van der Waals surface area (Å²) in [6, 6.07) is 0. The maximum absolute atomic E-state index is 9.64. The molecular weight excluding hydrogens is 204 g/mol. The van der Waals surface area contributed by atoms with Crippen LogP contribution in [0.5, 0.6) is 0 Å². The molecule has 6 nitrogen and oxygen atoms in total. The van der Waals surface area contributed by atoms with Crippen molar-refractivity contribution in [1.82, 2.24) is 0 Å². The van der Waals surface area contributed by atoms with Gasteiger partial charge in [0, 0.05) is 0 Å². The minimum atomic E-state index is -1.42. The SMILES string of the molecule is CC1(C)O[C@H]2[C@@H](O)[C@H](O)[C@H](O)[C@H](O)[C@@H]2O1. The zero-order chi connectivity index (χ0) is 11.4. The van der Waals surface area contributed by atoms with Gasteiger partial charge in [-0.25, -0.2) is 0 Å². The summed E-state index contributed by atoms with van der Waals surface area (Å²) in [7, 11) is 0. The van der Waals surface area contributed by atoms with E-state index in [9.17, 15) is 20.4 Å². The van der Waals surface area contributed by atoms with Crippen molar-refractivity contribution in [2.75, 3.05) is 0 Å². The molecule has 0 aromatic carbocycles. The van der Waals surface area contributed by atoms with Crippen LogP contribution in [0.1, 0.15) is 13.8 Å². The van der Waals surface area contributed by atoms with Crippen molar-refractivity contribution >= 4 is 0 Å². The fourth-order valence-corrected chi connectivity index (χ4v) is 2.14. The molecule has 1 saturated carbocycles. The number of ether oxygens (including phenoxy) is 2. The number of hydrogen-bond donors (Lipinski definition) is 4. The Morgan fingerprint density at radius 2 is 1.07 bits per heavy atom. The van der Waals surface area contributed by atoms with Gasteiger partial charge < -0.3 is 29.9 Å². The predicted molar refractivity (Wildman–Crippen MR) is 47.9 cm³/mol. The first kappa shape index (κ1) is 11.3. The quantitative estimate of drug-likeness (QED) is 0.375. The van der Waals surface area contributed by atoms with Crippen molar-refractivity contribution in [3.05, 3.63) is 0 Å². The summed E-state index contributed by atoms with van der Waals surface area (Å²) in [6.07, 6.45) is -6.97. The van der Waals surface area contributed by atoms with E-state index < -0.39 is 42.4 Å². The highest BCUT2D eigenvalue weighted by Gasteiger charge is 2.56. The summed E-state index contributed by atoms with van der Waals surface area (Å²) in [5.41, 5.74) is 0. The summed E-state index contributed by atoms with van der Waals surface area (Å²) in [6.45, 7) is 3.28. The monoisotopic (exact) mass is 220 g/mol. The zero-order valence-electron chi connectivity index (χ0n) is 8.57. The molecule has 0 aromatic heterocycles. The van der Waals surface area contributed by atoms with Gasteiger partial charge in [0.25, 0.3) is 0 Å². The van der Waals surface area contributed by atoms with Crippen molar-refractivity contribution in [2.24, 2.45) is 0 Å². The van der Waals surface area contributed by atoms with Crippen LogP contribution in [0.15, 0.2) is 0 Å². The van der Waals surface area contributed by atoms with E-state index in [1.807, 2.05) is 0 Å². The topological polar surface area (TPSA) is 99.4 Å². The second-order valence-electron chi connectivity index (χ2n) is 4.53. The molecule has 0 amide bonds. The number of aliphatic hydroxyl groups excluding tert-OH is 4. The fourth-order valence-electron chi connectivity index (χ4n) is 2.14. The van der Waals surface area contributed by atoms with E-state index in [0.29, 0.717) is 0 Å². The van der Waals surface area contributed by atoms with Gasteiger partial charge in [-0.2, -0.15) is 0 Å². The Labute approximate surface area is 87.1 Å². The molecule has 1 saturated heterocycles. The van der Waals surface area contributed by atoms with E-state index in [-0.39, 0.29) is 0 Å². The smallest absolute Gasteiger partial charge is 0.164 e. The highest BCUT2D eigenvalue weighted by Crippen LogP contribution is 2.37. The third-order valence-corrected chi connectivity index (χ3v) is 2.89. The Morgan fingerprint density at radius 3 is 1.40 bits per heavy atom. The van der Waals surface area contributed by atoms with Crippen molar-refractivity contribution in [2.45, 2.75) is 56.3 Å². The lowest BCUT2D eigenvalue weighted by Gasteiger charge is -2.38. The molecule has 0 bridgehead atoms. The second-order valence-corrected chi connectivity index (χ2v) is 4.53. The highest BCUT2D eigenvalue weighted by atomic mass is 16.8. The van der Waals surface area contributed by atoms with Crippen LogP contribution in [0.3, 0.4) is 0 Å². The summed E-state index contributed by atoms with van der Waals surface area (Å²) < 4.78 is 10.7. The van der Waals surface area contributed by atoms with Gasteiger partial charge in [0.05, 0.1) is 0 Å². The first-order valence-corrected chi connectivity index (χ1v) is 4.91. The molecule has 1 aliphatic carbocycles. The molecule has 0 spiro atoms. The molecule has 1 heterocycles. The molecule has 1 aliphatic heterocycles. The van der Waals surface area contributed by atoms with Gasteiger partial charge in [-0.15, -0.1) is 0 Å².